The monoisotopic (exact) mass is 140 g/mol. The van der Waals surface area contributed by atoms with E-state index < -0.39 is 0 Å². The summed E-state index contributed by atoms with van der Waals surface area (Å²) in [4.78, 5) is 10.9. The van der Waals surface area contributed by atoms with Crippen LogP contribution in [0.2, 0.25) is 0 Å². The van der Waals surface area contributed by atoms with Gasteiger partial charge in [-0.05, 0) is 17.4 Å². The van der Waals surface area contributed by atoms with E-state index in [1.165, 1.54) is 9.36 Å². The maximum Gasteiger partial charge on any atom is 0.367 e. The molecule has 1 aromatic rings. The quantitative estimate of drug-likeness (QED) is 0.526. The van der Waals surface area contributed by atoms with Crippen molar-refractivity contribution in [2.45, 2.75) is 6.92 Å². The second kappa shape index (κ2) is 2.47. The summed E-state index contributed by atoms with van der Waals surface area (Å²) in [7, 11) is 1.55. The summed E-state index contributed by atoms with van der Waals surface area (Å²) in [5.74, 6) is 0. The molecule has 10 heavy (non-hydrogen) atoms. The van der Waals surface area contributed by atoms with Crippen molar-refractivity contribution in [3.8, 4) is 0 Å². The fourth-order valence-electron chi connectivity index (χ4n) is 0.563. The Morgan fingerprint density at radius 2 is 2.20 bits per heavy atom. The molecular weight excluding hydrogens is 132 g/mol. The molecule has 1 heterocycles. The van der Waals surface area contributed by atoms with Crippen LogP contribution >= 0.6 is 0 Å². The number of nitrogens with zero attached hydrogens (tertiary/aromatic N) is 4. The third kappa shape index (κ3) is 0.975. The number of aryl methyl sites for hydroxylation is 1. The maximum atomic E-state index is 10.9. The van der Waals surface area contributed by atoms with Crippen LogP contribution in [0.1, 0.15) is 6.92 Å². The highest BCUT2D eigenvalue weighted by Gasteiger charge is 1.95. The fourth-order valence-corrected chi connectivity index (χ4v) is 0.563. The first-order valence-electron chi connectivity index (χ1n) is 2.87. The third-order valence-corrected chi connectivity index (χ3v) is 1.03. The van der Waals surface area contributed by atoms with Crippen molar-refractivity contribution in [3.63, 3.8) is 0 Å². The van der Waals surface area contributed by atoms with Crippen LogP contribution in [0.5, 0.6) is 0 Å². The smallest absolute Gasteiger partial charge is 0.244 e. The van der Waals surface area contributed by atoms with Gasteiger partial charge in [0.25, 0.3) is 0 Å². The van der Waals surface area contributed by atoms with Gasteiger partial charge in [0.15, 0.2) is 0 Å². The van der Waals surface area contributed by atoms with Gasteiger partial charge in [0.2, 0.25) is 0 Å². The largest absolute Gasteiger partial charge is 0.367 e. The summed E-state index contributed by atoms with van der Waals surface area (Å²) in [6.45, 7) is 1.81. The summed E-state index contributed by atoms with van der Waals surface area (Å²) in [6, 6.07) is 0. The van der Waals surface area contributed by atoms with Gasteiger partial charge in [-0.15, -0.1) is 0 Å². The SMILES string of the molecule is C/C=C\n1nnn(C)c1=O. The minimum atomic E-state index is -0.238. The Bertz CT molecular complexity index is 295. The molecular formula is C5H8N4O. The number of aromatic nitrogens is 4. The normalized spacial score (nSPS) is 11.0. The van der Waals surface area contributed by atoms with Crippen molar-refractivity contribution >= 4 is 6.20 Å². The number of tetrazole rings is 1. The third-order valence-electron chi connectivity index (χ3n) is 1.03. The lowest BCUT2D eigenvalue weighted by molar-refractivity contribution is 0.693. The molecule has 1 aromatic heterocycles. The first kappa shape index (κ1) is 6.73. The van der Waals surface area contributed by atoms with Crippen molar-refractivity contribution in [2.75, 3.05) is 0 Å². The Labute approximate surface area is 57.6 Å². The van der Waals surface area contributed by atoms with Crippen LogP contribution in [0.25, 0.3) is 6.20 Å². The average Bonchev–Trinajstić information content (AvgIpc) is 2.20. The predicted octanol–water partition coefficient (Wildman–Crippen LogP) is -0.533. The van der Waals surface area contributed by atoms with E-state index in [0.717, 1.165) is 0 Å². The molecule has 0 spiro atoms. The van der Waals surface area contributed by atoms with E-state index in [9.17, 15) is 4.79 Å². The molecule has 0 aliphatic carbocycles. The molecule has 0 amide bonds. The fraction of sp³-hybridized carbons (Fsp3) is 0.400. The summed E-state index contributed by atoms with van der Waals surface area (Å²) < 4.78 is 2.33. The van der Waals surface area contributed by atoms with E-state index in [1.54, 1.807) is 26.2 Å². The van der Waals surface area contributed by atoms with Crippen molar-refractivity contribution in [3.05, 3.63) is 16.6 Å². The number of hydrogen-bond donors (Lipinski definition) is 0. The predicted molar refractivity (Wildman–Crippen MR) is 36.3 cm³/mol. The van der Waals surface area contributed by atoms with Crippen LogP contribution in [-0.4, -0.2) is 19.8 Å². The molecule has 0 N–H and O–H groups in total. The van der Waals surface area contributed by atoms with Gasteiger partial charge in [-0.1, -0.05) is 6.08 Å². The van der Waals surface area contributed by atoms with E-state index in [2.05, 4.69) is 10.4 Å². The number of rotatable bonds is 1. The molecule has 5 nitrogen and oxygen atoms in total. The zero-order valence-corrected chi connectivity index (χ0v) is 5.85. The lowest BCUT2D eigenvalue weighted by Gasteiger charge is -1.80. The standard InChI is InChI=1S/C5H8N4O/c1-3-4-9-5(10)8(2)6-7-9/h3-4H,1-2H3/b4-3-. The van der Waals surface area contributed by atoms with Crippen LogP contribution in [0.4, 0.5) is 0 Å². The number of allylic oxidation sites excluding steroid dienone is 1. The lowest BCUT2D eigenvalue weighted by Crippen LogP contribution is -2.19. The summed E-state index contributed by atoms with van der Waals surface area (Å²) in [5, 5.41) is 7.04. The average molecular weight is 140 g/mol. The topological polar surface area (TPSA) is 52.7 Å². The van der Waals surface area contributed by atoms with Crippen LogP contribution in [0.15, 0.2) is 10.9 Å². The van der Waals surface area contributed by atoms with Gasteiger partial charge in [-0.2, -0.15) is 9.36 Å². The second-order valence-electron chi connectivity index (χ2n) is 1.81. The minimum absolute atomic E-state index is 0.238. The van der Waals surface area contributed by atoms with E-state index in [1.807, 2.05) is 0 Å². The second-order valence-corrected chi connectivity index (χ2v) is 1.81. The Morgan fingerprint density at radius 3 is 2.60 bits per heavy atom. The molecule has 0 saturated heterocycles. The maximum absolute atomic E-state index is 10.9. The van der Waals surface area contributed by atoms with Crippen molar-refractivity contribution in [1.29, 1.82) is 0 Å². The highest BCUT2D eigenvalue weighted by molar-refractivity contribution is 5.15. The molecule has 0 atom stereocenters. The summed E-state index contributed by atoms with van der Waals surface area (Å²) in [6.07, 6.45) is 3.27. The van der Waals surface area contributed by atoms with Crippen LogP contribution < -0.4 is 5.69 Å². The van der Waals surface area contributed by atoms with Crippen molar-refractivity contribution in [1.82, 2.24) is 19.8 Å². The molecule has 0 aromatic carbocycles. The molecule has 54 valence electrons. The highest BCUT2D eigenvalue weighted by atomic mass is 16.2. The summed E-state index contributed by atoms with van der Waals surface area (Å²) in [5.41, 5.74) is -0.238. The molecule has 0 bridgehead atoms. The molecule has 1 rings (SSSR count). The first-order valence-corrected chi connectivity index (χ1v) is 2.87. The van der Waals surface area contributed by atoms with Crippen LogP contribution in [0.3, 0.4) is 0 Å². The van der Waals surface area contributed by atoms with Crippen LogP contribution in [-0.2, 0) is 7.05 Å². The molecule has 0 aliphatic rings. The Morgan fingerprint density at radius 1 is 1.50 bits per heavy atom. The minimum Gasteiger partial charge on any atom is -0.244 e. The molecule has 0 unspecified atom stereocenters. The first-order chi connectivity index (χ1) is 4.75. The van der Waals surface area contributed by atoms with E-state index in [-0.39, 0.29) is 5.69 Å². The van der Waals surface area contributed by atoms with Gasteiger partial charge in [0.1, 0.15) is 0 Å². The molecule has 0 fully saturated rings. The van der Waals surface area contributed by atoms with Gasteiger partial charge in [0, 0.05) is 13.2 Å². The zero-order chi connectivity index (χ0) is 7.56. The van der Waals surface area contributed by atoms with Gasteiger partial charge >= 0.3 is 5.69 Å². The van der Waals surface area contributed by atoms with E-state index >= 15 is 0 Å². The summed E-state index contributed by atoms with van der Waals surface area (Å²) >= 11 is 0. The van der Waals surface area contributed by atoms with Crippen molar-refractivity contribution < 1.29 is 0 Å². The van der Waals surface area contributed by atoms with E-state index in [0.29, 0.717) is 0 Å². The Balaban J connectivity index is 3.18. The molecule has 0 radical (unpaired) electrons. The van der Waals surface area contributed by atoms with Crippen molar-refractivity contribution in [2.24, 2.45) is 7.05 Å². The van der Waals surface area contributed by atoms with Crippen LogP contribution in [0, 0.1) is 0 Å². The Hall–Kier alpha value is -1.39. The highest BCUT2D eigenvalue weighted by Crippen LogP contribution is 1.72. The molecule has 5 heteroatoms. The molecule has 0 saturated carbocycles. The van der Waals surface area contributed by atoms with Gasteiger partial charge in [-0.3, -0.25) is 0 Å². The van der Waals surface area contributed by atoms with Gasteiger partial charge < -0.3 is 0 Å². The van der Waals surface area contributed by atoms with Gasteiger partial charge in [-0.25, -0.2) is 4.79 Å². The van der Waals surface area contributed by atoms with E-state index in [4.69, 9.17) is 0 Å². The lowest BCUT2D eigenvalue weighted by atomic mass is 10.7. The molecule has 0 aliphatic heterocycles. The number of hydrogen-bond acceptors (Lipinski definition) is 3. The Kier molecular flexibility index (Phi) is 1.66. The van der Waals surface area contributed by atoms with Gasteiger partial charge in [0.05, 0.1) is 0 Å². The zero-order valence-electron chi connectivity index (χ0n) is 5.85.